The summed E-state index contributed by atoms with van der Waals surface area (Å²) in [5, 5.41) is 0. The zero-order valence-corrected chi connectivity index (χ0v) is 26.4. The third kappa shape index (κ3) is 38.2. The van der Waals surface area contributed by atoms with Crippen molar-refractivity contribution in [1.82, 2.24) is 4.90 Å². The van der Waals surface area contributed by atoms with E-state index >= 15 is 0 Å². The van der Waals surface area contributed by atoms with E-state index in [-0.39, 0.29) is 0 Å². The maximum absolute atomic E-state index is 5.47. The number of halogens is 1. The lowest BCUT2D eigenvalue weighted by atomic mass is 10.6. The smallest absolute Gasteiger partial charge is 0.0701 e. The normalized spacial score (nSPS) is 11.7. The van der Waals surface area contributed by atoms with Crippen LogP contribution < -0.4 is 0 Å². The van der Waals surface area contributed by atoms with E-state index < -0.39 is 0 Å². The number of hydrogen-bond donors (Lipinski definition) is 0. The average Bonchev–Trinajstić information content (AvgIpc) is 2.93. The molecule has 0 aromatic heterocycles. The van der Waals surface area contributed by atoms with Crippen LogP contribution in [0, 0.1) is 0 Å². The Bertz CT molecular complexity index is 443. The lowest BCUT2D eigenvalue weighted by Crippen LogP contribution is -2.19. The maximum Gasteiger partial charge on any atom is 0.0701 e. The van der Waals surface area contributed by atoms with E-state index in [1.165, 1.54) is 0 Å². The van der Waals surface area contributed by atoms with E-state index in [0.29, 0.717) is 132 Å². The molecule has 0 rings (SSSR count). The van der Waals surface area contributed by atoms with Crippen LogP contribution in [0.5, 0.6) is 0 Å². The summed E-state index contributed by atoms with van der Waals surface area (Å²) in [5.74, 6) is 0. The van der Waals surface area contributed by atoms with Gasteiger partial charge in [-0.3, -0.25) is 0 Å². The SMILES string of the molecule is CN(C)CCOCCOCCOCCOCCOCCOCCOCCOCCOCCOCCOCCI. The predicted molar refractivity (Wildman–Crippen MR) is 156 cm³/mol. The summed E-state index contributed by atoms with van der Waals surface area (Å²) < 4.78 is 60.8. The van der Waals surface area contributed by atoms with Gasteiger partial charge in [0.1, 0.15) is 0 Å². The van der Waals surface area contributed by atoms with Gasteiger partial charge in [-0.1, -0.05) is 22.6 Å². The predicted octanol–water partition coefficient (Wildman–Crippen LogP) is 1.17. The van der Waals surface area contributed by atoms with E-state index in [0.717, 1.165) is 24.2 Å². The zero-order chi connectivity index (χ0) is 28.3. The maximum atomic E-state index is 5.47. The molecule has 0 heterocycles. The molecule has 0 bridgehead atoms. The van der Waals surface area contributed by atoms with Crippen molar-refractivity contribution in [3.8, 4) is 0 Å². The average molecular weight is 684 g/mol. The number of ether oxygens (including phenoxy) is 11. The van der Waals surface area contributed by atoms with Gasteiger partial charge in [-0.2, -0.15) is 0 Å². The van der Waals surface area contributed by atoms with E-state index in [1.54, 1.807) is 0 Å². The lowest BCUT2D eigenvalue weighted by molar-refractivity contribution is -0.0274. The van der Waals surface area contributed by atoms with Crippen LogP contribution in [0.3, 0.4) is 0 Å². The highest BCUT2D eigenvalue weighted by Crippen LogP contribution is 1.87. The largest absolute Gasteiger partial charge is 0.378 e. The van der Waals surface area contributed by atoms with Crippen molar-refractivity contribution < 1.29 is 52.1 Å². The molecule has 0 atom stereocenters. The number of rotatable bonds is 35. The molecule has 236 valence electrons. The minimum absolute atomic E-state index is 0.524. The second kappa shape index (κ2) is 36.3. The summed E-state index contributed by atoms with van der Waals surface area (Å²) in [6.07, 6.45) is 0. The standard InChI is InChI=1S/C26H54INO11/c1-28(2)4-6-30-8-10-32-12-14-34-16-18-36-20-22-38-24-26-39-25-23-37-21-19-35-17-15-33-13-11-31-9-7-29-5-3-27/h3-26H2,1-2H3. The molecular weight excluding hydrogens is 629 g/mol. The highest BCUT2D eigenvalue weighted by atomic mass is 127. The van der Waals surface area contributed by atoms with Crippen molar-refractivity contribution in [1.29, 1.82) is 0 Å². The van der Waals surface area contributed by atoms with Gasteiger partial charge in [0.25, 0.3) is 0 Å². The Balaban J connectivity index is 3.02. The molecule has 0 aromatic carbocycles. The van der Waals surface area contributed by atoms with Gasteiger partial charge in [0.15, 0.2) is 0 Å². The van der Waals surface area contributed by atoms with Crippen LogP contribution in [0.15, 0.2) is 0 Å². The van der Waals surface area contributed by atoms with Gasteiger partial charge < -0.3 is 57.0 Å². The zero-order valence-electron chi connectivity index (χ0n) is 24.3. The quantitative estimate of drug-likeness (QED) is 0.0545. The molecule has 13 heteroatoms. The van der Waals surface area contributed by atoms with E-state index in [4.69, 9.17) is 52.1 Å². The topological polar surface area (TPSA) is 105 Å². The van der Waals surface area contributed by atoms with Gasteiger partial charge in [0.05, 0.1) is 145 Å². The van der Waals surface area contributed by atoms with Gasteiger partial charge in [-0.05, 0) is 14.1 Å². The van der Waals surface area contributed by atoms with Crippen molar-refractivity contribution in [2.24, 2.45) is 0 Å². The lowest BCUT2D eigenvalue weighted by Gasteiger charge is -2.10. The van der Waals surface area contributed by atoms with Crippen molar-refractivity contribution in [2.45, 2.75) is 0 Å². The first-order valence-corrected chi connectivity index (χ1v) is 15.4. The molecule has 0 aromatic rings. The Kier molecular flexibility index (Phi) is 36.5. The third-order valence-electron chi connectivity index (χ3n) is 4.62. The van der Waals surface area contributed by atoms with Crippen molar-refractivity contribution in [2.75, 3.05) is 170 Å². The molecule has 39 heavy (non-hydrogen) atoms. The summed E-state index contributed by atoms with van der Waals surface area (Å²) in [6, 6.07) is 0. The van der Waals surface area contributed by atoms with Gasteiger partial charge in [0, 0.05) is 11.0 Å². The molecular formula is C26H54INO11. The van der Waals surface area contributed by atoms with Gasteiger partial charge in [-0.25, -0.2) is 0 Å². The molecule has 0 saturated heterocycles. The number of nitrogens with zero attached hydrogens (tertiary/aromatic N) is 1. The Hall–Kier alpha value is 0.250. The minimum atomic E-state index is 0.524. The summed E-state index contributed by atoms with van der Waals surface area (Å²) in [4.78, 5) is 2.08. The number of likely N-dealkylation sites (N-methyl/N-ethyl adjacent to an activating group) is 1. The number of hydrogen-bond acceptors (Lipinski definition) is 12. The fraction of sp³-hybridized carbons (Fsp3) is 1.00. The first-order valence-electron chi connectivity index (χ1n) is 13.8. The van der Waals surface area contributed by atoms with Crippen molar-refractivity contribution >= 4 is 22.6 Å². The first kappa shape index (κ1) is 39.2. The molecule has 0 amide bonds. The van der Waals surface area contributed by atoms with Crippen molar-refractivity contribution in [3.05, 3.63) is 0 Å². The highest BCUT2D eigenvalue weighted by Gasteiger charge is 1.96. The van der Waals surface area contributed by atoms with Crippen LogP contribution in [0.1, 0.15) is 0 Å². The monoisotopic (exact) mass is 683 g/mol. The van der Waals surface area contributed by atoms with E-state index in [9.17, 15) is 0 Å². The van der Waals surface area contributed by atoms with Gasteiger partial charge in [0.2, 0.25) is 0 Å². The summed E-state index contributed by atoms with van der Waals surface area (Å²) >= 11 is 2.28. The van der Waals surface area contributed by atoms with Crippen LogP contribution >= 0.6 is 22.6 Å². The third-order valence-corrected chi connectivity index (χ3v) is 5.06. The minimum Gasteiger partial charge on any atom is -0.378 e. The Labute approximate surface area is 249 Å². The van der Waals surface area contributed by atoms with Crippen molar-refractivity contribution in [3.63, 3.8) is 0 Å². The summed E-state index contributed by atoms with van der Waals surface area (Å²) in [6.45, 7) is 13.4. The van der Waals surface area contributed by atoms with Gasteiger partial charge in [-0.15, -0.1) is 0 Å². The fourth-order valence-electron chi connectivity index (χ4n) is 2.60. The fourth-order valence-corrected chi connectivity index (χ4v) is 2.91. The molecule has 0 N–H and O–H groups in total. The molecule has 0 unspecified atom stereocenters. The van der Waals surface area contributed by atoms with Gasteiger partial charge >= 0.3 is 0 Å². The second-order valence-electron chi connectivity index (χ2n) is 8.23. The molecule has 0 saturated carbocycles. The Morgan fingerprint density at radius 2 is 0.487 bits per heavy atom. The Morgan fingerprint density at radius 3 is 0.667 bits per heavy atom. The second-order valence-corrected chi connectivity index (χ2v) is 9.31. The first-order chi connectivity index (χ1) is 19.3. The molecule has 0 aliphatic rings. The highest BCUT2D eigenvalue weighted by molar-refractivity contribution is 14.1. The van der Waals surface area contributed by atoms with Crippen LogP contribution in [-0.2, 0) is 52.1 Å². The molecule has 12 nitrogen and oxygen atoms in total. The molecule has 0 fully saturated rings. The van der Waals surface area contributed by atoms with Crippen LogP contribution in [0.4, 0.5) is 0 Å². The molecule has 0 spiro atoms. The van der Waals surface area contributed by atoms with Crippen LogP contribution in [-0.4, -0.2) is 175 Å². The van der Waals surface area contributed by atoms with E-state index in [1.807, 2.05) is 14.1 Å². The Morgan fingerprint density at radius 1 is 0.308 bits per heavy atom. The van der Waals surface area contributed by atoms with Crippen LogP contribution in [0.25, 0.3) is 0 Å². The summed E-state index contributed by atoms with van der Waals surface area (Å²) in [5.41, 5.74) is 0. The number of alkyl halides is 1. The molecule has 0 aliphatic carbocycles. The van der Waals surface area contributed by atoms with Crippen LogP contribution in [0.2, 0.25) is 0 Å². The van der Waals surface area contributed by atoms with E-state index in [2.05, 4.69) is 27.5 Å². The molecule has 0 aliphatic heterocycles. The summed E-state index contributed by atoms with van der Waals surface area (Å²) in [7, 11) is 4.04. The molecule has 0 radical (unpaired) electrons.